The average molecular weight is 335 g/mol. The van der Waals surface area contributed by atoms with Gasteiger partial charge >= 0.3 is 0 Å². The van der Waals surface area contributed by atoms with Crippen molar-refractivity contribution in [2.75, 3.05) is 31.8 Å². The summed E-state index contributed by atoms with van der Waals surface area (Å²) in [6.07, 6.45) is 0. The Morgan fingerprint density at radius 3 is 2.72 bits per heavy atom. The molecule has 0 aliphatic carbocycles. The van der Waals surface area contributed by atoms with Crippen LogP contribution in [0, 0.1) is 6.92 Å². The zero-order chi connectivity index (χ0) is 17.0. The number of H-pyrrole nitrogens is 1. The van der Waals surface area contributed by atoms with Gasteiger partial charge in [0, 0.05) is 53.7 Å². The van der Waals surface area contributed by atoms with Gasteiger partial charge in [-0.25, -0.2) is 0 Å². The van der Waals surface area contributed by atoms with Gasteiger partial charge in [-0.2, -0.15) is 0 Å². The number of hydrogen-bond donors (Lipinski definition) is 1. The molecule has 0 fully saturated rings. The van der Waals surface area contributed by atoms with Crippen LogP contribution in [0.3, 0.4) is 0 Å². The first-order valence-corrected chi connectivity index (χ1v) is 8.65. The van der Waals surface area contributed by atoms with Crippen molar-refractivity contribution in [1.82, 2.24) is 9.88 Å². The molecule has 0 atom stereocenters. The van der Waals surface area contributed by atoms with Crippen LogP contribution in [0.25, 0.3) is 10.9 Å². The summed E-state index contributed by atoms with van der Waals surface area (Å²) in [7, 11) is 2.16. The summed E-state index contributed by atoms with van der Waals surface area (Å²) in [6.45, 7) is 5.26. The number of fused-ring (bicyclic) bond motifs is 3. The lowest BCUT2D eigenvalue weighted by Gasteiger charge is -2.25. The Morgan fingerprint density at radius 2 is 1.84 bits per heavy atom. The van der Waals surface area contributed by atoms with Crippen molar-refractivity contribution in [2.45, 2.75) is 13.5 Å². The Kier molecular flexibility index (Phi) is 3.18. The molecule has 0 radical (unpaired) electrons. The number of nitrogens with zero attached hydrogens (tertiary/aromatic N) is 2. The van der Waals surface area contributed by atoms with Crippen molar-refractivity contribution < 1.29 is 9.47 Å². The molecule has 1 N–H and O–H groups in total. The highest BCUT2D eigenvalue weighted by molar-refractivity contribution is 5.86. The molecule has 1 aromatic heterocycles. The Morgan fingerprint density at radius 1 is 1.00 bits per heavy atom. The molecule has 3 heterocycles. The monoisotopic (exact) mass is 335 g/mol. The van der Waals surface area contributed by atoms with Gasteiger partial charge in [-0.15, -0.1) is 0 Å². The summed E-state index contributed by atoms with van der Waals surface area (Å²) in [5.41, 5.74) is 6.06. The first-order valence-electron chi connectivity index (χ1n) is 8.65. The summed E-state index contributed by atoms with van der Waals surface area (Å²) in [5.74, 6) is 1.69. The average Bonchev–Trinajstić information content (AvgIpc) is 3.15. The maximum Gasteiger partial charge on any atom is 0.231 e. The van der Waals surface area contributed by atoms with E-state index < -0.39 is 0 Å². The largest absolute Gasteiger partial charge is 0.454 e. The summed E-state index contributed by atoms with van der Waals surface area (Å²) >= 11 is 0. The van der Waals surface area contributed by atoms with Crippen LogP contribution in [0.4, 0.5) is 11.4 Å². The third-order valence-corrected chi connectivity index (χ3v) is 5.06. The van der Waals surface area contributed by atoms with Gasteiger partial charge in [-0.3, -0.25) is 0 Å². The predicted octanol–water partition coefficient (Wildman–Crippen LogP) is 3.79. The van der Waals surface area contributed by atoms with Gasteiger partial charge in [0.1, 0.15) is 0 Å². The van der Waals surface area contributed by atoms with E-state index in [1.165, 1.54) is 33.5 Å². The first kappa shape index (κ1) is 14.7. The molecule has 0 saturated heterocycles. The van der Waals surface area contributed by atoms with Crippen LogP contribution in [-0.4, -0.2) is 36.8 Å². The lowest BCUT2D eigenvalue weighted by molar-refractivity contribution is 0.174. The number of aromatic amines is 1. The molecule has 5 nitrogen and oxygen atoms in total. The number of rotatable bonds is 1. The Labute approximate surface area is 146 Å². The van der Waals surface area contributed by atoms with Gasteiger partial charge in [0.15, 0.2) is 11.5 Å². The van der Waals surface area contributed by atoms with Crippen LogP contribution in [0.15, 0.2) is 36.4 Å². The highest BCUT2D eigenvalue weighted by Gasteiger charge is 2.24. The SMILES string of the molecule is Cc1cc2cc(N3CCN(C)Cc4cc5c(cc43)OCO5)ccc2[nH]1. The van der Waals surface area contributed by atoms with Crippen LogP contribution in [0.5, 0.6) is 11.5 Å². The summed E-state index contributed by atoms with van der Waals surface area (Å²) in [4.78, 5) is 8.14. The number of hydrogen-bond acceptors (Lipinski definition) is 4. The van der Waals surface area contributed by atoms with Crippen LogP contribution in [0.1, 0.15) is 11.3 Å². The van der Waals surface area contributed by atoms with Crippen LogP contribution in [0.2, 0.25) is 0 Å². The van der Waals surface area contributed by atoms with E-state index >= 15 is 0 Å². The molecule has 0 saturated carbocycles. The van der Waals surface area contributed by atoms with E-state index in [0.717, 1.165) is 31.1 Å². The molecule has 5 heteroatoms. The highest BCUT2D eigenvalue weighted by atomic mass is 16.7. The Balaban J connectivity index is 1.65. The molecule has 128 valence electrons. The number of benzene rings is 2. The fourth-order valence-electron chi connectivity index (χ4n) is 3.81. The molecule has 25 heavy (non-hydrogen) atoms. The normalized spacial score (nSPS) is 17.0. The summed E-state index contributed by atoms with van der Waals surface area (Å²) in [6, 6.07) is 13.1. The van der Waals surface area contributed by atoms with Gasteiger partial charge in [0.25, 0.3) is 0 Å². The molecular formula is C20H21N3O2. The molecule has 0 unspecified atom stereocenters. The zero-order valence-electron chi connectivity index (χ0n) is 14.5. The van der Waals surface area contributed by atoms with E-state index in [-0.39, 0.29) is 0 Å². The molecular weight excluding hydrogens is 314 g/mol. The molecule has 0 bridgehead atoms. The molecule has 2 aromatic carbocycles. The molecule has 2 aliphatic rings. The van der Waals surface area contributed by atoms with E-state index in [4.69, 9.17) is 9.47 Å². The standard InChI is InChI=1S/C20H21N3O2/c1-13-7-14-8-16(3-4-17(14)21-13)23-6-5-22(2)11-15-9-19-20(10-18(15)23)25-12-24-19/h3-4,7-10,21H,5-6,11-12H2,1-2H3. The van der Waals surface area contributed by atoms with Crippen molar-refractivity contribution in [2.24, 2.45) is 0 Å². The van der Waals surface area contributed by atoms with Gasteiger partial charge in [-0.1, -0.05) is 0 Å². The van der Waals surface area contributed by atoms with Crippen molar-refractivity contribution >= 4 is 22.3 Å². The minimum atomic E-state index is 0.308. The van der Waals surface area contributed by atoms with E-state index in [0.29, 0.717) is 6.79 Å². The van der Waals surface area contributed by atoms with Gasteiger partial charge in [0.05, 0.1) is 0 Å². The second kappa shape index (κ2) is 5.43. The lowest BCUT2D eigenvalue weighted by atomic mass is 10.1. The summed E-state index contributed by atoms with van der Waals surface area (Å²) in [5, 5.41) is 1.25. The fraction of sp³-hybridized carbons (Fsp3) is 0.300. The number of anilines is 2. The van der Waals surface area contributed by atoms with E-state index in [1.807, 2.05) is 0 Å². The van der Waals surface area contributed by atoms with Crippen molar-refractivity contribution in [1.29, 1.82) is 0 Å². The van der Waals surface area contributed by atoms with Crippen LogP contribution in [-0.2, 0) is 6.54 Å². The molecule has 0 amide bonds. The van der Waals surface area contributed by atoms with Gasteiger partial charge in [-0.05, 0) is 49.9 Å². The second-order valence-corrected chi connectivity index (χ2v) is 6.95. The Bertz CT molecular complexity index is 963. The minimum Gasteiger partial charge on any atom is -0.454 e. The number of ether oxygens (including phenoxy) is 2. The first-order chi connectivity index (χ1) is 12.2. The fourth-order valence-corrected chi connectivity index (χ4v) is 3.81. The van der Waals surface area contributed by atoms with Crippen molar-refractivity contribution in [3.63, 3.8) is 0 Å². The van der Waals surface area contributed by atoms with E-state index in [9.17, 15) is 0 Å². The zero-order valence-corrected chi connectivity index (χ0v) is 14.5. The van der Waals surface area contributed by atoms with Crippen LogP contribution >= 0.6 is 0 Å². The molecule has 2 aliphatic heterocycles. The molecule has 0 spiro atoms. The molecule has 5 rings (SSSR count). The van der Waals surface area contributed by atoms with Crippen molar-refractivity contribution in [3.8, 4) is 11.5 Å². The minimum absolute atomic E-state index is 0.308. The van der Waals surface area contributed by atoms with Gasteiger partial charge in [0.2, 0.25) is 6.79 Å². The lowest BCUT2D eigenvalue weighted by Crippen LogP contribution is -2.26. The van der Waals surface area contributed by atoms with Crippen molar-refractivity contribution in [3.05, 3.63) is 47.7 Å². The van der Waals surface area contributed by atoms with E-state index in [1.54, 1.807) is 0 Å². The number of nitrogens with one attached hydrogen (secondary N) is 1. The third kappa shape index (κ3) is 2.43. The summed E-state index contributed by atoms with van der Waals surface area (Å²) < 4.78 is 11.2. The van der Waals surface area contributed by atoms with E-state index in [2.05, 4.69) is 65.2 Å². The second-order valence-electron chi connectivity index (χ2n) is 6.95. The highest BCUT2D eigenvalue weighted by Crippen LogP contribution is 2.42. The number of aryl methyl sites for hydroxylation is 1. The van der Waals surface area contributed by atoms with Gasteiger partial charge < -0.3 is 24.3 Å². The maximum atomic E-state index is 5.62. The third-order valence-electron chi connectivity index (χ3n) is 5.06. The topological polar surface area (TPSA) is 40.7 Å². The quantitative estimate of drug-likeness (QED) is 0.735. The number of likely N-dealkylation sites (N-methyl/N-ethyl adjacent to an activating group) is 1. The maximum absolute atomic E-state index is 5.62. The number of aromatic nitrogens is 1. The van der Waals surface area contributed by atoms with Crippen LogP contribution < -0.4 is 14.4 Å². The smallest absolute Gasteiger partial charge is 0.231 e. The Hall–Kier alpha value is -2.66. The predicted molar refractivity (Wildman–Crippen MR) is 98.9 cm³/mol. The molecule has 3 aromatic rings.